The molecule has 0 aliphatic carbocycles. The number of isothiocyanates is 4. The molecular formula is C48H26N8S4. The standard InChI is InChI=1S/C48H26N8S4/c57-25-49-33-9-1-29(2-10-33)45-37-17-19-39(53-37)46(30-3-11-34(12-4-30)50-26-58)41-21-23-43(55-41)48(32-7-15-36(16-8-32)52-28-60)44-24-22-42(56-44)47(40-20-18-38(45)54-40)31-5-13-35(14-6-31)51-27-59/h1-24,53,56H. The fourth-order valence-corrected chi connectivity index (χ4v) is 7.86. The van der Waals surface area contributed by atoms with Crippen molar-refractivity contribution >= 4 is 139 Å². The number of nitrogens with zero attached hydrogens (tertiary/aromatic N) is 6. The number of rotatable bonds is 8. The molecular weight excluding hydrogens is 817 g/mol. The zero-order valence-corrected chi connectivity index (χ0v) is 34.4. The number of aromatic nitrogens is 4. The summed E-state index contributed by atoms with van der Waals surface area (Å²) in [6.45, 7) is 0. The van der Waals surface area contributed by atoms with Crippen molar-refractivity contribution in [1.82, 2.24) is 19.9 Å². The van der Waals surface area contributed by atoms with E-state index in [1.165, 1.54) is 0 Å². The van der Waals surface area contributed by atoms with E-state index in [-0.39, 0.29) is 0 Å². The van der Waals surface area contributed by atoms with Crippen molar-refractivity contribution in [3.63, 3.8) is 0 Å². The normalized spacial score (nSPS) is 11.2. The predicted molar refractivity (Wildman–Crippen MR) is 259 cm³/mol. The molecule has 2 aliphatic rings. The summed E-state index contributed by atoms with van der Waals surface area (Å²) in [7, 11) is 0. The van der Waals surface area contributed by atoms with E-state index in [2.05, 4.69) is 74.8 Å². The summed E-state index contributed by atoms with van der Waals surface area (Å²) in [5.41, 5.74) is 16.6. The van der Waals surface area contributed by atoms with E-state index in [4.69, 9.17) is 58.8 Å². The monoisotopic (exact) mass is 842 g/mol. The highest BCUT2D eigenvalue weighted by Gasteiger charge is 2.19. The first-order chi connectivity index (χ1) is 29.5. The Hall–Kier alpha value is -7.32. The Labute approximate surface area is 365 Å². The maximum atomic E-state index is 5.37. The maximum absolute atomic E-state index is 5.37. The second-order valence-corrected chi connectivity index (χ2v) is 14.2. The van der Waals surface area contributed by atoms with Crippen molar-refractivity contribution in [2.45, 2.75) is 0 Å². The topological polar surface area (TPSA) is 107 Å². The van der Waals surface area contributed by atoms with E-state index in [0.29, 0.717) is 22.7 Å². The lowest BCUT2D eigenvalue weighted by Gasteiger charge is -2.07. The highest BCUT2D eigenvalue weighted by Crippen LogP contribution is 2.39. The van der Waals surface area contributed by atoms with Crippen LogP contribution in [0.25, 0.3) is 90.9 Å². The van der Waals surface area contributed by atoms with Gasteiger partial charge in [-0.15, -0.1) is 0 Å². The number of nitrogens with one attached hydrogen (secondary N) is 2. The molecule has 8 nitrogen and oxygen atoms in total. The van der Waals surface area contributed by atoms with Gasteiger partial charge in [0.1, 0.15) is 0 Å². The van der Waals surface area contributed by atoms with E-state index < -0.39 is 0 Å². The minimum atomic E-state index is 0.705. The zero-order valence-electron chi connectivity index (χ0n) is 31.2. The average molecular weight is 843 g/mol. The predicted octanol–water partition coefficient (Wildman–Crippen LogP) is 14.3. The number of aliphatic imine (C=N–C) groups is 4. The Morgan fingerprint density at radius 2 is 0.533 bits per heavy atom. The third kappa shape index (κ3) is 7.55. The van der Waals surface area contributed by atoms with Crippen molar-refractivity contribution in [2.75, 3.05) is 0 Å². The summed E-state index contributed by atoms with van der Waals surface area (Å²) in [6.07, 6.45) is 8.20. The van der Waals surface area contributed by atoms with Gasteiger partial charge in [0, 0.05) is 44.3 Å². The first-order valence-corrected chi connectivity index (χ1v) is 20.1. The molecule has 5 heterocycles. The average Bonchev–Trinajstić information content (AvgIpc) is 4.12. The molecule has 60 heavy (non-hydrogen) atoms. The van der Waals surface area contributed by atoms with Gasteiger partial charge < -0.3 is 9.97 Å². The smallest absolute Gasteiger partial charge is 0.0739 e. The summed E-state index contributed by atoms with van der Waals surface area (Å²) in [5, 5.41) is 9.85. The molecule has 0 radical (unpaired) electrons. The first-order valence-electron chi connectivity index (χ1n) is 18.4. The van der Waals surface area contributed by atoms with Crippen molar-refractivity contribution < 1.29 is 0 Å². The van der Waals surface area contributed by atoms with Crippen molar-refractivity contribution in [2.24, 2.45) is 20.0 Å². The molecule has 4 aromatic carbocycles. The number of fused-ring (bicyclic) bond motifs is 8. The molecule has 0 amide bonds. The van der Waals surface area contributed by atoms with Crippen LogP contribution >= 0.6 is 48.9 Å². The highest BCUT2D eigenvalue weighted by atomic mass is 32.1. The summed E-state index contributed by atoms with van der Waals surface area (Å²) >= 11 is 19.5. The van der Waals surface area contributed by atoms with Crippen LogP contribution in [0.3, 0.4) is 0 Å². The Bertz CT molecular complexity index is 2860. The third-order valence-corrected chi connectivity index (χ3v) is 10.4. The van der Waals surface area contributed by atoms with Crippen LogP contribution in [-0.2, 0) is 0 Å². The Kier molecular flexibility index (Phi) is 10.7. The van der Waals surface area contributed by atoms with Gasteiger partial charge in [0.05, 0.1) is 66.2 Å². The second kappa shape index (κ2) is 16.9. The van der Waals surface area contributed by atoms with Crippen LogP contribution in [0.2, 0.25) is 0 Å². The maximum Gasteiger partial charge on any atom is 0.0739 e. The second-order valence-electron chi connectivity index (χ2n) is 13.5. The molecule has 0 fully saturated rings. The molecule has 8 bridgehead atoms. The Balaban J connectivity index is 1.43. The largest absolute Gasteiger partial charge is 0.354 e. The van der Waals surface area contributed by atoms with E-state index in [1.54, 1.807) is 0 Å². The van der Waals surface area contributed by atoms with Gasteiger partial charge >= 0.3 is 0 Å². The fourth-order valence-electron chi connectivity index (χ4n) is 7.44. The molecule has 0 saturated heterocycles. The Morgan fingerprint density at radius 1 is 0.317 bits per heavy atom. The molecule has 7 aromatic rings. The zero-order chi connectivity index (χ0) is 41.0. The van der Waals surface area contributed by atoms with Gasteiger partial charge in [0.25, 0.3) is 0 Å². The van der Waals surface area contributed by atoms with Gasteiger partial charge in [-0.25, -0.2) is 9.97 Å². The molecule has 3 aromatic heterocycles. The van der Waals surface area contributed by atoms with Gasteiger partial charge in [-0.3, -0.25) is 0 Å². The van der Waals surface area contributed by atoms with Crippen LogP contribution in [0, 0.1) is 0 Å². The first kappa shape index (κ1) is 38.2. The number of aromatic amines is 2. The van der Waals surface area contributed by atoms with Crippen LogP contribution in [0.15, 0.2) is 141 Å². The summed E-state index contributed by atoms with van der Waals surface area (Å²) in [4.78, 5) is 35.0. The van der Waals surface area contributed by atoms with Crippen LogP contribution in [0.5, 0.6) is 0 Å². The number of H-pyrrole nitrogens is 2. The van der Waals surface area contributed by atoms with Gasteiger partial charge in [-0.05, 0) is 168 Å². The minimum Gasteiger partial charge on any atom is -0.354 e. The summed E-state index contributed by atoms with van der Waals surface area (Å²) in [6, 6.07) is 39.8. The van der Waals surface area contributed by atoms with Crippen molar-refractivity contribution in [3.05, 3.63) is 144 Å². The quantitative estimate of drug-likeness (QED) is 0.117. The van der Waals surface area contributed by atoms with E-state index in [0.717, 1.165) is 89.4 Å². The molecule has 0 spiro atoms. The summed E-state index contributed by atoms with van der Waals surface area (Å²) in [5.74, 6) is 0. The van der Waals surface area contributed by atoms with Gasteiger partial charge in [0.2, 0.25) is 0 Å². The SMILES string of the molecule is S=C=Nc1ccc(-c2c3nc(c(-c4ccc(N=C=S)cc4)c4ccc([nH]4)c(-c4ccc(N=C=S)cc4)c4nc(c(-c5ccc(N=C=S)cc5)c5ccc2[nH]5)C=C4)C=C3)cc1. The molecule has 282 valence electrons. The lowest BCUT2D eigenvalue weighted by Crippen LogP contribution is -1.89. The van der Waals surface area contributed by atoms with Crippen LogP contribution in [0.1, 0.15) is 22.8 Å². The molecule has 9 rings (SSSR count). The van der Waals surface area contributed by atoms with Crippen LogP contribution in [-0.4, -0.2) is 40.6 Å². The van der Waals surface area contributed by atoms with Crippen molar-refractivity contribution in [3.8, 4) is 44.5 Å². The van der Waals surface area contributed by atoms with E-state index in [9.17, 15) is 0 Å². The van der Waals surface area contributed by atoms with E-state index in [1.807, 2.05) is 121 Å². The van der Waals surface area contributed by atoms with Crippen LogP contribution < -0.4 is 0 Å². The van der Waals surface area contributed by atoms with Gasteiger partial charge in [-0.1, -0.05) is 48.5 Å². The van der Waals surface area contributed by atoms with Crippen molar-refractivity contribution in [1.29, 1.82) is 0 Å². The number of benzene rings is 4. The molecule has 0 atom stereocenters. The highest BCUT2D eigenvalue weighted by molar-refractivity contribution is 7.78. The molecule has 12 heteroatoms. The van der Waals surface area contributed by atoms with Gasteiger partial charge in [0.15, 0.2) is 0 Å². The lowest BCUT2D eigenvalue weighted by molar-refractivity contribution is 1.31. The Morgan fingerprint density at radius 3 is 0.733 bits per heavy atom. The molecule has 0 saturated carbocycles. The minimum absolute atomic E-state index is 0.705. The fraction of sp³-hybridized carbons (Fsp3) is 0. The molecule has 2 aliphatic heterocycles. The third-order valence-electron chi connectivity index (χ3n) is 10.1. The lowest BCUT2D eigenvalue weighted by atomic mass is 10.0. The molecule has 2 N–H and O–H groups in total. The number of thiocarbonyl (C=S) groups is 4. The van der Waals surface area contributed by atoms with Gasteiger partial charge in [-0.2, -0.15) is 20.0 Å². The number of hydrogen-bond donors (Lipinski definition) is 2. The molecule has 0 unspecified atom stereocenters. The number of hydrogen-bond acceptors (Lipinski definition) is 10. The summed E-state index contributed by atoms with van der Waals surface area (Å²) < 4.78 is 0. The van der Waals surface area contributed by atoms with Crippen LogP contribution in [0.4, 0.5) is 22.7 Å². The van der Waals surface area contributed by atoms with E-state index >= 15 is 0 Å².